The maximum Gasteiger partial charge on any atom is 0.331 e. The third-order valence-electron chi connectivity index (χ3n) is 3.73. The fourth-order valence-electron chi connectivity index (χ4n) is 2.27. The van der Waals surface area contributed by atoms with Gasteiger partial charge in [0.05, 0.1) is 6.04 Å². The van der Waals surface area contributed by atoms with E-state index in [0.717, 1.165) is 16.0 Å². The Morgan fingerprint density at radius 3 is 2.54 bits per heavy atom. The third kappa shape index (κ3) is 6.29. The number of ether oxygens (including phenoxy) is 1. The summed E-state index contributed by atoms with van der Waals surface area (Å²) in [7, 11) is 0. The number of carbonyl (C=O) groups excluding carboxylic acids is 3. The van der Waals surface area contributed by atoms with Crippen LogP contribution in [0.2, 0.25) is 0 Å². The molecular weight excluding hydrogens is 350 g/mol. The van der Waals surface area contributed by atoms with Crippen LogP contribution in [0.3, 0.4) is 0 Å². The Bertz CT molecular complexity index is 795. The van der Waals surface area contributed by atoms with E-state index in [1.165, 1.54) is 24.3 Å². The first kappa shape index (κ1) is 19.6. The lowest BCUT2D eigenvalue weighted by atomic mass is 10.0. The number of nitrogens with one attached hydrogen (secondary N) is 1. The Kier molecular flexibility index (Phi) is 7.29. The molecule has 0 aliphatic heterocycles. The third-order valence-corrected chi connectivity index (χ3v) is 4.71. The Hall–Kier alpha value is -2.73. The molecule has 2 rings (SSSR count). The van der Waals surface area contributed by atoms with Crippen molar-refractivity contribution in [3.63, 3.8) is 0 Å². The molecule has 0 aliphatic carbocycles. The van der Waals surface area contributed by atoms with Crippen LogP contribution in [0.4, 0.5) is 0 Å². The number of Topliss-reactive ketones (excluding diaryl/α,β-unsaturated/α-hetero) is 1. The molecule has 0 bridgehead atoms. The molecule has 1 N–H and O–H groups in total. The molecule has 1 aromatic heterocycles. The van der Waals surface area contributed by atoms with Crippen LogP contribution in [0, 0.1) is 6.92 Å². The minimum Gasteiger partial charge on any atom is -0.452 e. The van der Waals surface area contributed by atoms with Gasteiger partial charge >= 0.3 is 5.97 Å². The highest BCUT2D eigenvalue weighted by Gasteiger charge is 2.18. The smallest absolute Gasteiger partial charge is 0.331 e. The van der Waals surface area contributed by atoms with E-state index in [1.54, 1.807) is 6.08 Å². The van der Waals surface area contributed by atoms with E-state index >= 15 is 0 Å². The van der Waals surface area contributed by atoms with Crippen molar-refractivity contribution in [2.75, 3.05) is 6.61 Å². The summed E-state index contributed by atoms with van der Waals surface area (Å²) in [5.74, 6) is -1.26. The van der Waals surface area contributed by atoms with E-state index in [2.05, 4.69) is 5.32 Å². The summed E-state index contributed by atoms with van der Waals surface area (Å²) in [6, 6.07) is 10.7. The number of ketones is 1. The molecule has 0 fully saturated rings. The standard InChI is InChI=1S/C20H21NO4S/c1-14-10-11-26-18(14)8-9-20(24)25-13-19(23)21-17(15(2)22)12-16-6-4-3-5-7-16/h3-11,17H,12-13H2,1-2H3,(H,21,23)/b9-8+/t17-/m0/s1. The van der Waals surface area contributed by atoms with Gasteiger partial charge < -0.3 is 10.1 Å². The van der Waals surface area contributed by atoms with E-state index in [1.807, 2.05) is 48.7 Å². The Morgan fingerprint density at radius 2 is 1.92 bits per heavy atom. The van der Waals surface area contributed by atoms with Crippen LogP contribution < -0.4 is 5.32 Å². The first-order valence-corrected chi connectivity index (χ1v) is 9.06. The number of hydrogen-bond acceptors (Lipinski definition) is 5. The van der Waals surface area contributed by atoms with Gasteiger partial charge in [0.1, 0.15) is 0 Å². The molecule has 2 aromatic rings. The van der Waals surface area contributed by atoms with Crippen LogP contribution in [-0.4, -0.2) is 30.3 Å². The Labute approximate surface area is 156 Å². The molecule has 1 atom stereocenters. The number of carbonyl (C=O) groups is 3. The molecule has 1 aromatic carbocycles. The molecule has 0 aliphatic rings. The number of aryl methyl sites for hydroxylation is 1. The molecule has 1 amide bonds. The van der Waals surface area contributed by atoms with Crippen LogP contribution in [0.25, 0.3) is 6.08 Å². The zero-order valence-corrected chi connectivity index (χ0v) is 15.5. The second-order valence-electron chi connectivity index (χ2n) is 5.83. The predicted molar refractivity (Wildman–Crippen MR) is 102 cm³/mol. The quantitative estimate of drug-likeness (QED) is 0.572. The minimum atomic E-state index is -0.645. The topological polar surface area (TPSA) is 72.5 Å². The van der Waals surface area contributed by atoms with Crippen LogP contribution in [0.1, 0.15) is 22.9 Å². The van der Waals surface area contributed by atoms with Crippen LogP contribution in [0.5, 0.6) is 0 Å². The van der Waals surface area contributed by atoms with Crippen molar-refractivity contribution in [2.45, 2.75) is 26.3 Å². The molecule has 0 saturated heterocycles. The van der Waals surface area contributed by atoms with E-state index < -0.39 is 24.5 Å². The van der Waals surface area contributed by atoms with Gasteiger partial charge in [0.25, 0.3) is 5.91 Å². The number of esters is 1. The van der Waals surface area contributed by atoms with Crippen molar-refractivity contribution in [3.05, 3.63) is 63.9 Å². The summed E-state index contributed by atoms with van der Waals surface area (Å²) < 4.78 is 4.93. The zero-order chi connectivity index (χ0) is 18.9. The summed E-state index contributed by atoms with van der Waals surface area (Å²) >= 11 is 1.52. The first-order valence-electron chi connectivity index (χ1n) is 8.18. The number of thiophene rings is 1. The maximum absolute atomic E-state index is 12.0. The average molecular weight is 371 g/mol. The van der Waals surface area contributed by atoms with Crippen LogP contribution in [-0.2, 0) is 25.5 Å². The van der Waals surface area contributed by atoms with E-state index in [4.69, 9.17) is 4.74 Å². The van der Waals surface area contributed by atoms with Gasteiger partial charge in [-0.15, -0.1) is 11.3 Å². The highest BCUT2D eigenvalue weighted by molar-refractivity contribution is 7.11. The number of benzene rings is 1. The Balaban J connectivity index is 1.82. The average Bonchev–Trinajstić information content (AvgIpc) is 3.03. The molecule has 0 radical (unpaired) electrons. The van der Waals surface area contributed by atoms with Crippen molar-refractivity contribution in [2.24, 2.45) is 0 Å². The molecule has 26 heavy (non-hydrogen) atoms. The predicted octanol–water partition coefficient (Wildman–Crippen LogP) is 2.93. The number of amides is 1. The lowest BCUT2D eigenvalue weighted by molar-refractivity contribution is -0.144. The second kappa shape index (κ2) is 9.68. The van der Waals surface area contributed by atoms with E-state index in [-0.39, 0.29) is 5.78 Å². The summed E-state index contributed by atoms with van der Waals surface area (Å²) in [4.78, 5) is 36.4. The highest BCUT2D eigenvalue weighted by Crippen LogP contribution is 2.16. The largest absolute Gasteiger partial charge is 0.452 e. The molecule has 6 heteroatoms. The molecule has 0 unspecified atom stereocenters. The van der Waals surface area contributed by atoms with E-state index in [9.17, 15) is 14.4 Å². The van der Waals surface area contributed by atoms with Crippen LogP contribution >= 0.6 is 11.3 Å². The first-order chi connectivity index (χ1) is 12.5. The molecule has 1 heterocycles. The number of hydrogen-bond donors (Lipinski definition) is 1. The molecule has 5 nitrogen and oxygen atoms in total. The van der Waals surface area contributed by atoms with Gasteiger partial charge in [-0.05, 0) is 48.9 Å². The summed E-state index contributed by atoms with van der Waals surface area (Å²) in [6.07, 6.45) is 3.35. The Morgan fingerprint density at radius 1 is 1.19 bits per heavy atom. The fraction of sp³-hybridized carbons (Fsp3) is 0.250. The second-order valence-corrected chi connectivity index (χ2v) is 6.78. The van der Waals surface area contributed by atoms with E-state index in [0.29, 0.717) is 6.42 Å². The SMILES string of the molecule is CC(=O)[C@H](Cc1ccccc1)NC(=O)COC(=O)/C=C/c1sccc1C. The summed E-state index contributed by atoms with van der Waals surface area (Å²) in [5.41, 5.74) is 2.02. The maximum atomic E-state index is 12.0. The van der Waals surface area contributed by atoms with Crippen molar-refractivity contribution < 1.29 is 19.1 Å². The van der Waals surface area contributed by atoms with Crippen LogP contribution in [0.15, 0.2) is 47.9 Å². The lowest BCUT2D eigenvalue weighted by Crippen LogP contribution is -2.43. The fourth-order valence-corrected chi connectivity index (χ4v) is 3.09. The lowest BCUT2D eigenvalue weighted by Gasteiger charge is -2.16. The summed E-state index contributed by atoms with van der Waals surface area (Å²) in [5, 5.41) is 4.54. The summed E-state index contributed by atoms with van der Waals surface area (Å²) in [6.45, 7) is 2.95. The van der Waals surface area contributed by atoms with Gasteiger partial charge in [0.2, 0.25) is 0 Å². The monoisotopic (exact) mass is 371 g/mol. The van der Waals surface area contributed by atoms with Crippen molar-refractivity contribution >= 4 is 35.1 Å². The zero-order valence-electron chi connectivity index (χ0n) is 14.7. The molecule has 136 valence electrons. The highest BCUT2D eigenvalue weighted by atomic mass is 32.1. The van der Waals surface area contributed by atoms with Gasteiger partial charge in [-0.3, -0.25) is 9.59 Å². The number of rotatable bonds is 8. The molecule has 0 saturated carbocycles. The van der Waals surface area contributed by atoms with Gasteiger partial charge in [0, 0.05) is 11.0 Å². The van der Waals surface area contributed by atoms with Gasteiger partial charge in [-0.1, -0.05) is 30.3 Å². The molecular formula is C20H21NO4S. The van der Waals surface area contributed by atoms with Gasteiger partial charge in [-0.25, -0.2) is 4.79 Å². The normalized spacial score (nSPS) is 11.9. The minimum absolute atomic E-state index is 0.151. The van der Waals surface area contributed by atoms with Crippen molar-refractivity contribution in [1.82, 2.24) is 5.32 Å². The van der Waals surface area contributed by atoms with Gasteiger partial charge in [-0.2, -0.15) is 0 Å². The van der Waals surface area contributed by atoms with Crippen molar-refractivity contribution in [1.29, 1.82) is 0 Å². The van der Waals surface area contributed by atoms with Gasteiger partial charge in [0.15, 0.2) is 12.4 Å². The molecule has 0 spiro atoms. The van der Waals surface area contributed by atoms with Crippen molar-refractivity contribution in [3.8, 4) is 0 Å².